The summed E-state index contributed by atoms with van der Waals surface area (Å²) in [7, 11) is 0. The molecule has 1 aromatic carbocycles. The molecule has 1 amide bonds. The first kappa shape index (κ1) is 19.2. The maximum absolute atomic E-state index is 12.6. The number of carbonyl (C=O) groups is 1. The van der Waals surface area contributed by atoms with Gasteiger partial charge in [-0.15, -0.1) is 0 Å². The van der Waals surface area contributed by atoms with Gasteiger partial charge >= 0.3 is 0 Å². The molecular formula is C19H23N5O2S. The van der Waals surface area contributed by atoms with E-state index in [4.69, 9.17) is 0 Å². The van der Waals surface area contributed by atoms with Crippen LogP contribution in [-0.2, 0) is 4.79 Å². The molecule has 27 heavy (non-hydrogen) atoms. The fraction of sp³-hybridized carbons (Fsp3) is 0.368. The highest BCUT2D eigenvalue weighted by Crippen LogP contribution is 2.19. The van der Waals surface area contributed by atoms with Gasteiger partial charge in [-0.3, -0.25) is 9.59 Å². The summed E-state index contributed by atoms with van der Waals surface area (Å²) in [5, 5.41) is 5.11. The molecule has 7 nitrogen and oxygen atoms in total. The molecule has 3 rings (SSSR count). The number of rotatable bonds is 6. The fourth-order valence-electron chi connectivity index (χ4n) is 3.10. The normalized spacial score (nSPS) is 11.5. The second-order valence-corrected chi connectivity index (χ2v) is 7.74. The number of amides is 1. The van der Waals surface area contributed by atoms with Gasteiger partial charge in [-0.1, -0.05) is 30.0 Å². The summed E-state index contributed by atoms with van der Waals surface area (Å²) in [6, 6.07) is 9.74. The first-order chi connectivity index (χ1) is 12.9. The van der Waals surface area contributed by atoms with Crippen LogP contribution in [0.1, 0.15) is 27.7 Å². The molecule has 0 aliphatic carbocycles. The highest BCUT2D eigenvalue weighted by molar-refractivity contribution is 7.99. The number of benzene rings is 1. The van der Waals surface area contributed by atoms with Gasteiger partial charge in [0, 0.05) is 12.1 Å². The monoisotopic (exact) mass is 385 g/mol. The van der Waals surface area contributed by atoms with Crippen molar-refractivity contribution in [3.63, 3.8) is 0 Å². The van der Waals surface area contributed by atoms with Crippen LogP contribution in [0.2, 0.25) is 0 Å². The molecule has 0 bridgehead atoms. The number of nitrogens with one attached hydrogen (secondary N) is 1. The van der Waals surface area contributed by atoms with E-state index in [9.17, 15) is 9.59 Å². The van der Waals surface area contributed by atoms with E-state index >= 15 is 0 Å². The van der Waals surface area contributed by atoms with E-state index in [1.807, 2.05) is 62.9 Å². The molecule has 0 saturated carbocycles. The number of fused-ring (bicyclic) bond motifs is 1. The summed E-state index contributed by atoms with van der Waals surface area (Å²) in [5.41, 5.74) is 1.04. The number of thioether (sulfide) groups is 1. The van der Waals surface area contributed by atoms with Crippen molar-refractivity contribution in [2.24, 2.45) is 0 Å². The summed E-state index contributed by atoms with van der Waals surface area (Å²) in [4.78, 5) is 34.0. The topological polar surface area (TPSA) is 83.9 Å². The first-order valence-corrected chi connectivity index (χ1v) is 9.84. The number of nitrogens with zero attached hydrogens (tertiary/aromatic N) is 4. The van der Waals surface area contributed by atoms with Crippen molar-refractivity contribution in [1.29, 1.82) is 0 Å². The molecule has 0 aliphatic rings. The van der Waals surface area contributed by atoms with Crippen LogP contribution < -0.4 is 5.56 Å². The highest BCUT2D eigenvalue weighted by atomic mass is 32.2. The Morgan fingerprint density at radius 1 is 1.19 bits per heavy atom. The predicted octanol–water partition coefficient (Wildman–Crippen LogP) is 2.85. The molecule has 0 aliphatic heterocycles. The van der Waals surface area contributed by atoms with E-state index in [0.717, 1.165) is 5.69 Å². The molecule has 8 heteroatoms. The molecule has 0 radical (unpaired) electrons. The highest BCUT2D eigenvalue weighted by Gasteiger charge is 2.20. The predicted molar refractivity (Wildman–Crippen MR) is 107 cm³/mol. The van der Waals surface area contributed by atoms with Gasteiger partial charge in [0.05, 0.1) is 17.6 Å². The minimum Gasteiger partial charge on any atom is -0.337 e. The quantitative estimate of drug-likeness (QED) is 0.521. The van der Waals surface area contributed by atoms with Crippen LogP contribution in [0.4, 0.5) is 0 Å². The number of hydrogen-bond acceptors (Lipinski definition) is 5. The van der Waals surface area contributed by atoms with Crippen molar-refractivity contribution in [2.45, 2.75) is 44.9 Å². The zero-order valence-corrected chi connectivity index (χ0v) is 16.7. The lowest BCUT2D eigenvalue weighted by Crippen LogP contribution is -2.43. The number of hydrogen-bond donors (Lipinski definition) is 1. The van der Waals surface area contributed by atoms with Gasteiger partial charge in [0.15, 0.2) is 10.8 Å². The van der Waals surface area contributed by atoms with E-state index in [0.29, 0.717) is 16.2 Å². The van der Waals surface area contributed by atoms with Gasteiger partial charge in [-0.2, -0.15) is 5.10 Å². The molecule has 0 unspecified atom stereocenters. The van der Waals surface area contributed by atoms with Crippen molar-refractivity contribution < 1.29 is 4.79 Å². The Morgan fingerprint density at radius 3 is 2.48 bits per heavy atom. The molecule has 0 fully saturated rings. The number of aromatic nitrogens is 4. The number of aromatic amines is 1. The van der Waals surface area contributed by atoms with Gasteiger partial charge < -0.3 is 9.88 Å². The van der Waals surface area contributed by atoms with Crippen LogP contribution in [-0.4, -0.2) is 48.4 Å². The standard InChI is InChI=1S/C19H23N5O2S/c1-12(2)23(13(3)4)16(25)11-27-19-21-17-15(18(26)22-19)10-20-24(17)14-8-6-5-7-9-14/h5-10,12-13H,11H2,1-4H3,(H,21,22,26). The zero-order chi connectivity index (χ0) is 19.6. The van der Waals surface area contributed by atoms with Gasteiger partial charge in [0.2, 0.25) is 5.91 Å². The van der Waals surface area contributed by atoms with Gasteiger partial charge in [-0.25, -0.2) is 9.67 Å². The third-order valence-corrected chi connectivity index (χ3v) is 5.01. The lowest BCUT2D eigenvalue weighted by Gasteiger charge is -2.30. The number of para-hydroxylation sites is 1. The smallest absolute Gasteiger partial charge is 0.262 e. The molecule has 2 heterocycles. The van der Waals surface area contributed by atoms with Crippen molar-refractivity contribution in [3.05, 3.63) is 46.9 Å². The molecule has 1 N–H and O–H groups in total. The lowest BCUT2D eigenvalue weighted by molar-refractivity contribution is -0.131. The molecule has 0 saturated heterocycles. The third-order valence-electron chi connectivity index (χ3n) is 4.15. The molecular weight excluding hydrogens is 362 g/mol. The minimum atomic E-state index is -0.262. The molecule has 142 valence electrons. The average Bonchev–Trinajstić information content (AvgIpc) is 3.04. The number of H-pyrrole nitrogens is 1. The largest absolute Gasteiger partial charge is 0.337 e. The number of carbonyl (C=O) groups excluding carboxylic acids is 1. The van der Waals surface area contributed by atoms with E-state index in [1.54, 1.807) is 4.68 Å². The minimum absolute atomic E-state index is 0.0179. The zero-order valence-electron chi connectivity index (χ0n) is 15.8. The van der Waals surface area contributed by atoms with Crippen LogP contribution in [0.5, 0.6) is 0 Å². The van der Waals surface area contributed by atoms with Crippen LogP contribution in [0.25, 0.3) is 16.7 Å². The van der Waals surface area contributed by atoms with E-state index in [2.05, 4.69) is 15.1 Å². The third kappa shape index (κ3) is 4.05. The molecule has 0 spiro atoms. The Morgan fingerprint density at radius 2 is 1.85 bits per heavy atom. The lowest BCUT2D eigenvalue weighted by atomic mass is 10.2. The van der Waals surface area contributed by atoms with Gasteiger partial charge in [-0.05, 0) is 39.8 Å². The van der Waals surface area contributed by atoms with E-state index in [1.165, 1.54) is 18.0 Å². The average molecular weight is 385 g/mol. The Balaban J connectivity index is 1.88. The van der Waals surface area contributed by atoms with Crippen molar-refractivity contribution in [3.8, 4) is 5.69 Å². The first-order valence-electron chi connectivity index (χ1n) is 8.86. The fourth-order valence-corrected chi connectivity index (χ4v) is 3.83. The van der Waals surface area contributed by atoms with Crippen molar-refractivity contribution >= 4 is 28.7 Å². The van der Waals surface area contributed by atoms with Crippen LogP contribution in [0.15, 0.2) is 46.5 Å². The summed E-state index contributed by atoms with van der Waals surface area (Å²) >= 11 is 1.23. The Hall–Kier alpha value is -2.61. The van der Waals surface area contributed by atoms with Gasteiger partial charge in [0.25, 0.3) is 5.56 Å². The van der Waals surface area contributed by atoms with E-state index in [-0.39, 0.29) is 29.3 Å². The summed E-state index contributed by atoms with van der Waals surface area (Å²) in [6.45, 7) is 7.97. The maximum atomic E-state index is 12.6. The SMILES string of the molecule is CC(C)N(C(=O)CSc1nc2c(cnn2-c2ccccc2)c(=O)[nH]1)C(C)C. The molecule has 0 atom stereocenters. The summed E-state index contributed by atoms with van der Waals surface area (Å²) < 4.78 is 1.63. The van der Waals surface area contributed by atoms with Crippen LogP contribution in [0.3, 0.4) is 0 Å². The van der Waals surface area contributed by atoms with Crippen LogP contribution >= 0.6 is 11.8 Å². The second kappa shape index (κ2) is 7.96. The molecule has 3 aromatic rings. The van der Waals surface area contributed by atoms with E-state index < -0.39 is 0 Å². The van der Waals surface area contributed by atoms with Crippen molar-refractivity contribution in [2.75, 3.05) is 5.75 Å². The summed E-state index contributed by atoms with van der Waals surface area (Å²) in [6.07, 6.45) is 1.51. The maximum Gasteiger partial charge on any atom is 0.262 e. The molecule has 2 aromatic heterocycles. The Bertz CT molecular complexity index is 986. The summed E-state index contributed by atoms with van der Waals surface area (Å²) in [5.74, 6) is 0.230. The Kier molecular flexibility index (Phi) is 5.65. The van der Waals surface area contributed by atoms with Gasteiger partial charge in [0.1, 0.15) is 5.39 Å². The second-order valence-electron chi connectivity index (χ2n) is 6.78. The van der Waals surface area contributed by atoms with Crippen molar-refractivity contribution in [1.82, 2.24) is 24.6 Å². The van der Waals surface area contributed by atoms with Crippen LogP contribution in [0, 0.1) is 0 Å². The Labute approximate surface area is 161 Å².